The molecule has 0 aliphatic heterocycles. The highest BCUT2D eigenvalue weighted by Gasteiger charge is 2.31. The third-order valence-corrected chi connectivity index (χ3v) is 4.62. The van der Waals surface area contributed by atoms with Gasteiger partial charge in [-0.25, -0.2) is 14.5 Å². The Hall–Kier alpha value is -3.50. The number of alkyl halides is 3. The van der Waals surface area contributed by atoms with Crippen molar-refractivity contribution in [2.75, 3.05) is 12.4 Å². The topological polar surface area (TPSA) is 85.8 Å². The van der Waals surface area contributed by atoms with Gasteiger partial charge in [-0.1, -0.05) is 0 Å². The zero-order valence-corrected chi connectivity index (χ0v) is 16.1. The summed E-state index contributed by atoms with van der Waals surface area (Å²) in [4.78, 5) is 12.9. The Labute approximate surface area is 163 Å². The smallest absolute Gasteiger partial charge is 0.371 e. The van der Waals surface area contributed by atoms with E-state index in [0.717, 1.165) is 12.3 Å². The summed E-state index contributed by atoms with van der Waals surface area (Å²) >= 11 is 0. The lowest BCUT2D eigenvalue weighted by molar-refractivity contribution is -0.137. The predicted octanol–water partition coefficient (Wildman–Crippen LogP) is 3.26. The monoisotopic (exact) mass is 402 g/mol. The van der Waals surface area contributed by atoms with E-state index >= 15 is 0 Å². The zero-order chi connectivity index (χ0) is 20.9. The van der Waals surface area contributed by atoms with Gasteiger partial charge in [0.15, 0.2) is 5.82 Å². The van der Waals surface area contributed by atoms with Gasteiger partial charge in [0.2, 0.25) is 0 Å². The van der Waals surface area contributed by atoms with Crippen LogP contribution in [-0.2, 0) is 13.2 Å². The van der Waals surface area contributed by atoms with Crippen molar-refractivity contribution in [1.29, 1.82) is 0 Å². The molecule has 0 saturated heterocycles. The van der Waals surface area contributed by atoms with Crippen LogP contribution < -0.4 is 5.32 Å². The number of imidazole rings is 1. The van der Waals surface area contributed by atoms with Crippen molar-refractivity contribution in [3.8, 4) is 22.6 Å². The number of aryl methyl sites for hydroxylation is 3. The molecule has 0 atom stereocenters. The van der Waals surface area contributed by atoms with Gasteiger partial charge in [0.05, 0.1) is 28.2 Å². The first-order valence-corrected chi connectivity index (χ1v) is 8.68. The first-order chi connectivity index (χ1) is 13.7. The van der Waals surface area contributed by atoms with E-state index in [0.29, 0.717) is 45.5 Å². The normalized spacial score (nSPS) is 12.0. The van der Waals surface area contributed by atoms with E-state index in [9.17, 15) is 13.2 Å². The predicted molar refractivity (Wildman–Crippen MR) is 100 cm³/mol. The van der Waals surface area contributed by atoms with Gasteiger partial charge in [-0.15, -0.1) is 0 Å². The van der Waals surface area contributed by atoms with Crippen LogP contribution in [0.25, 0.3) is 28.2 Å². The first kappa shape index (κ1) is 18.8. The van der Waals surface area contributed by atoms with Gasteiger partial charge in [-0.2, -0.15) is 23.4 Å². The lowest BCUT2D eigenvalue weighted by Crippen LogP contribution is -2.06. The summed E-state index contributed by atoms with van der Waals surface area (Å²) in [6.07, 6.45) is -2.21. The van der Waals surface area contributed by atoms with Crippen molar-refractivity contribution >= 4 is 11.3 Å². The molecule has 4 aromatic rings. The van der Waals surface area contributed by atoms with Crippen LogP contribution in [0, 0.1) is 13.8 Å². The Kier molecular flexibility index (Phi) is 4.25. The molecule has 11 heteroatoms. The summed E-state index contributed by atoms with van der Waals surface area (Å²) in [6.45, 7) is 3.62. The third kappa shape index (κ3) is 2.98. The average Bonchev–Trinajstić information content (AvgIpc) is 3.16. The molecule has 0 aliphatic rings. The number of fused-ring (bicyclic) bond motifs is 1. The summed E-state index contributed by atoms with van der Waals surface area (Å²) in [6, 6.07) is 2.34. The van der Waals surface area contributed by atoms with Crippen molar-refractivity contribution in [2.45, 2.75) is 20.0 Å². The molecule has 4 heterocycles. The van der Waals surface area contributed by atoms with Gasteiger partial charge < -0.3 is 5.32 Å². The molecule has 0 bridgehead atoms. The number of pyridine rings is 1. The summed E-state index contributed by atoms with van der Waals surface area (Å²) in [5, 5.41) is 11.7. The lowest BCUT2D eigenvalue weighted by atomic mass is 10.1. The highest BCUT2D eigenvalue weighted by atomic mass is 19.4. The van der Waals surface area contributed by atoms with E-state index in [1.807, 2.05) is 13.8 Å². The van der Waals surface area contributed by atoms with Crippen LogP contribution in [0.2, 0.25) is 0 Å². The standard InChI is InChI=1S/C18H17F3N8/c1-9-13(14-16-17(22-3)24-8-25-29(16)10(2)26-14)15(28(4)27-9)12-6-5-11(7-23-12)18(19,20)21/h5-8H,1-4H3,(H,22,24,25). The minimum Gasteiger partial charge on any atom is -0.371 e. The molecular formula is C18H17F3N8. The molecule has 0 radical (unpaired) electrons. The van der Waals surface area contributed by atoms with Crippen molar-refractivity contribution in [3.05, 3.63) is 41.7 Å². The minimum atomic E-state index is -4.45. The number of halogens is 3. The second kappa shape index (κ2) is 6.54. The number of nitrogens with one attached hydrogen (secondary N) is 1. The lowest BCUT2D eigenvalue weighted by Gasteiger charge is -2.09. The number of hydrogen-bond acceptors (Lipinski definition) is 6. The summed E-state index contributed by atoms with van der Waals surface area (Å²) in [5.41, 5.74) is 2.66. The van der Waals surface area contributed by atoms with E-state index in [4.69, 9.17) is 0 Å². The van der Waals surface area contributed by atoms with Crippen LogP contribution in [0.15, 0.2) is 24.7 Å². The van der Waals surface area contributed by atoms with Crippen molar-refractivity contribution < 1.29 is 13.2 Å². The Morgan fingerprint density at radius 3 is 2.48 bits per heavy atom. The molecule has 29 heavy (non-hydrogen) atoms. The van der Waals surface area contributed by atoms with E-state index in [2.05, 4.69) is 30.5 Å². The highest BCUT2D eigenvalue weighted by Crippen LogP contribution is 2.38. The molecule has 0 amide bonds. The number of nitrogens with zero attached hydrogens (tertiary/aromatic N) is 7. The Morgan fingerprint density at radius 2 is 1.86 bits per heavy atom. The van der Waals surface area contributed by atoms with Crippen LogP contribution in [0.1, 0.15) is 17.1 Å². The quantitative estimate of drug-likeness (QED) is 0.566. The Bertz CT molecular complexity index is 1200. The van der Waals surface area contributed by atoms with Crippen molar-refractivity contribution in [1.82, 2.24) is 34.3 Å². The molecule has 4 rings (SSSR count). The first-order valence-electron chi connectivity index (χ1n) is 8.68. The third-order valence-electron chi connectivity index (χ3n) is 4.62. The van der Waals surface area contributed by atoms with E-state index in [1.165, 1.54) is 12.4 Å². The second-order valence-corrected chi connectivity index (χ2v) is 6.49. The van der Waals surface area contributed by atoms with Crippen LogP contribution in [0.3, 0.4) is 0 Å². The zero-order valence-electron chi connectivity index (χ0n) is 16.1. The van der Waals surface area contributed by atoms with E-state index < -0.39 is 11.7 Å². The van der Waals surface area contributed by atoms with Gasteiger partial charge in [-0.05, 0) is 26.0 Å². The maximum Gasteiger partial charge on any atom is 0.417 e. The van der Waals surface area contributed by atoms with Crippen molar-refractivity contribution in [3.63, 3.8) is 0 Å². The fourth-order valence-corrected chi connectivity index (χ4v) is 3.37. The van der Waals surface area contributed by atoms with Crippen molar-refractivity contribution in [2.24, 2.45) is 7.05 Å². The Morgan fingerprint density at radius 1 is 1.10 bits per heavy atom. The molecule has 8 nitrogen and oxygen atoms in total. The second-order valence-electron chi connectivity index (χ2n) is 6.49. The largest absolute Gasteiger partial charge is 0.417 e. The molecular weight excluding hydrogens is 385 g/mol. The number of hydrogen-bond donors (Lipinski definition) is 1. The fourth-order valence-electron chi connectivity index (χ4n) is 3.37. The van der Waals surface area contributed by atoms with Crippen LogP contribution >= 0.6 is 0 Å². The fraction of sp³-hybridized carbons (Fsp3) is 0.278. The van der Waals surface area contributed by atoms with E-state index in [-0.39, 0.29) is 0 Å². The number of rotatable bonds is 3. The molecule has 0 saturated carbocycles. The SMILES string of the molecule is CNc1ncnn2c(C)nc(-c3c(C)nn(C)c3-c3ccc(C(F)(F)F)cn3)c12. The molecule has 0 fully saturated rings. The average molecular weight is 402 g/mol. The molecule has 150 valence electrons. The maximum absolute atomic E-state index is 12.9. The van der Waals surface area contributed by atoms with Crippen LogP contribution in [0.4, 0.5) is 19.0 Å². The summed E-state index contributed by atoms with van der Waals surface area (Å²) in [7, 11) is 3.45. The van der Waals surface area contributed by atoms with Gasteiger partial charge >= 0.3 is 6.18 Å². The van der Waals surface area contributed by atoms with Crippen LogP contribution in [0.5, 0.6) is 0 Å². The number of anilines is 1. The van der Waals surface area contributed by atoms with Gasteiger partial charge in [0, 0.05) is 20.3 Å². The van der Waals surface area contributed by atoms with Gasteiger partial charge in [0.25, 0.3) is 0 Å². The van der Waals surface area contributed by atoms with Crippen LogP contribution in [-0.4, -0.2) is 41.4 Å². The van der Waals surface area contributed by atoms with E-state index in [1.54, 1.807) is 23.3 Å². The minimum absolute atomic E-state index is 0.359. The molecule has 0 unspecified atom stereocenters. The number of aromatic nitrogens is 7. The van der Waals surface area contributed by atoms with Gasteiger partial charge in [-0.3, -0.25) is 9.67 Å². The Balaban J connectivity index is 1.98. The maximum atomic E-state index is 12.9. The molecule has 0 aromatic carbocycles. The van der Waals surface area contributed by atoms with Gasteiger partial charge in [0.1, 0.15) is 23.4 Å². The molecule has 4 aromatic heterocycles. The summed E-state index contributed by atoms with van der Waals surface area (Å²) < 4.78 is 42.0. The molecule has 0 aliphatic carbocycles. The summed E-state index contributed by atoms with van der Waals surface area (Å²) in [5.74, 6) is 1.22. The molecule has 1 N–H and O–H groups in total. The highest BCUT2D eigenvalue weighted by molar-refractivity contribution is 5.92. The molecule has 0 spiro atoms.